The average Bonchev–Trinajstić information content (AvgIpc) is 2.39. The molecule has 0 aliphatic rings. The number of benzene rings is 1. The lowest BCUT2D eigenvalue weighted by atomic mass is 10.2. The number of rotatable bonds is 5. The minimum absolute atomic E-state index is 0.607. The molecule has 4 nitrogen and oxygen atoms in total. The number of nitrogens with zero attached hydrogens (tertiary/aromatic N) is 2. The van der Waals surface area contributed by atoms with Crippen molar-refractivity contribution in [3.63, 3.8) is 0 Å². The van der Waals surface area contributed by atoms with Gasteiger partial charge >= 0.3 is 0 Å². The van der Waals surface area contributed by atoms with E-state index in [1.54, 1.807) is 7.05 Å². The van der Waals surface area contributed by atoms with E-state index in [-0.39, 0.29) is 0 Å². The Morgan fingerprint density at radius 2 is 2.00 bits per heavy atom. The normalized spacial score (nSPS) is 11.6. The minimum Gasteiger partial charge on any atom is -0.378 e. The molecule has 0 unspecified atom stereocenters. The highest BCUT2D eigenvalue weighted by Gasteiger charge is 2.01. The topological polar surface area (TPSA) is 39.7 Å². The molecule has 0 saturated heterocycles. The molecular formula is C15H26N4. The van der Waals surface area contributed by atoms with Crippen LogP contribution in [0.25, 0.3) is 0 Å². The summed E-state index contributed by atoms with van der Waals surface area (Å²) in [6.07, 6.45) is 0. The van der Waals surface area contributed by atoms with Crippen LogP contribution < -0.4 is 15.5 Å². The highest BCUT2D eigenvalue weighted by Crippen LogP contribution is 2.12. The molecule has 0 bridgehead atoms. The second-order valence-corrected chi connectivity index (χ2v) is 5.26. The summed E-state index contributed by atoms with van der Waals surface area (Å²) in [5.74, 6) is 1.46. The number of nitrogens with one attached hydrogen (secondary N) is 2. The van der Waals surface area contributed by atoms with Crippen molar-refractivity contribution in [2.75, 3.05) is 32.6 Å². The molecule has 4 heteroatoms. The van der Waals surface area contributed by atoms with Crippen LogP contribution in [0.2, 0.25) is 0 Å². The molecule has 0 fully saturated rings. The largest absolute Gasteiger partial charge is 0.378 e. The van der Waals surface area contributed by atoms with Gasteiger partial charge in [-0.1, -0.05) is 26.0 Å². The zero-order valence-electron chi connectivity index (χ0n) is 12.7. The third-order valence-electron chi connectivity index (χ3n) is 2.79. The van der Waals surface area contributed by atoms with E-state index >= 15 is 0 Å². The van der Waals surface area contributed by atoms with Crippen LogP contribution in [0.4, 0.5) is 5.69 Å². The summed E-state index contributed by atoms with van der Waals surface area (Å²) in [7, 11) is 5.90. The SMILES string of the molecule is CN=C(NCc1cccc(N(C)C)c1)NCC(C)C. The number of aliphatic imine (C=N–C) groups is 1. The van der Waals surface area contributed by atoms with Gasteiger partial charge in [0, 0.05) is 39.9 Å². The first-order valence-corrected chi connectivity index (χ1v) is 6.73. The predicted molar refractivity (Wildman–Crippen MR) is 83.8 cm³/mol. The summed E-state index contributed by atoms with van der Waals surface area (Å²) in [6.45, 7) is 6.07. The van der Waals surface area contributed by atoms with E-state index in [1.165, 1.54) is 11.3 Å². The summed E-state index contributed by atoms with van der Waals surface area (Å²) in [5.41, 5.74) is 2.46. The van der Waals surface area contributed by atoms with Crippen molar-refractivity contribution in [2.24, 2.45) is 10.9 Å². The fraction of sp³-hybridized carbons (Fsp3) is 0.533. The van der Waals surface area contributed by atoms with E-state index in [0.717, 1.165) is 19.0 Å². The van der Waals surface area contributed by atoms with Crippen LogP contribution in [0.3, 0.4) is 0 Å². The van der Waals surface area contributed by atoms with Gasteiger partial charge in [-0.3, -0.25) is 4.99 Å². The number of hydrogen-bond donors (Lipinski definition) is 2. The quantitative estimate of drug-likeness (QED) is 0.630. The van der Waals surface area contributed by atoms with Gasteiger partial charge in [0.25, 0.3) is 0 Å². The van der Waals surface area contributed by atoms with E-state index < -0.39 is 0 Å². The number of guanidine groups is 1. The second kappa shape index (κ2) is 7.67. The van der Waals surface area contributed by atoms with Gasteiger partial charge < -0.3 is 15.5 Å². The highest BCUT2D eigenvalue weighted by atomic mass is 15.2. The van der Waals surface area contributed by atoms with Crippen molar-refractivity contribution >= 4 is 11.6 Å². The lowest BCUT2D eigenvalue weighted by molar-refractivity contribution is 0.614. The molecule has 0 aromatic heterocycles. The van der Waals surface area contributed by atoms with Gasteiger partial charge in [-0.25, -0.2) is 0 Å². The van der Waals surface area contributed by atoms with Gasteiger partial charge in [0.1, 0.15) is 0 Å². The molecular weight excluding hydrogens is 236 g/mol. The Bertz CT molecular complexity index is 410. The summed E-state index contributed by atoms with van der Waals surface area (Å²) in [4.78, 5) is 6.32. The smallest absolute Gasteiger partial charge is 0.191 e. The van der Waals surface area contributed by atoms with Gasteiger partial charge in [-0.15, -0.1) is 0 Å². The number of anilines is 1. The Labute approximate surface area is 116 Å². The van der Waals surface area contributed by atoms with Gasteiger partial charge in [0.05, 0.1) is 0 Å². The maximum absolute atomic E-state index is 4.22. The van der Waals surface area contributed by atoms with Crippen molar-refractivity contribution < 1.29 is 0 Å². The molecule has 0 radical (unpaired) electrons. The van der Waals surface area contributed by atoms with Crippen LogP contribution in [0.5, 0.6) is 0 Å². The van der Waals surface area contributed by atoms with Gasteiger partial charge in [0.15, 0.2) is 5.96 Å². The molecule has 0 heterocycles. The molecule has 19 heavy (non-hydrogen) atoms. The molecule has 0 saturated carbocycles. The van der Waals surface area contributed by atoms with E-state index in [2.05, 4.69) is 72.7 Å². The first kappa shape index (κ1) is 15.3. The van der Waals surface area contributed by atoms with Crippen molar-refractivity contribution in [3.05, 3.63) is 29.8 Å². The predicted octanol–water partition coefficient (Wildman–Crippen LogP) is 2.07. The van der Waals surface area contributed by atoms with Gasteiger partial charge in [-0.05, 0) is 23.6 Å². The van der Waals surface area contributed by atoms with Crippen molar-refractivity contribution in [1.82, 2.24) is 10.6 Å². The molecule has 0 amide bonds. The lowest BCUT2D eigenvalue weighted by Crippen LogP contribution is -2.38. The van der Waals surface area contributed by atoms with Crippen LogP contribution in [0, 0.1) is 5.92 Å². The second-order valence-electron chi connectivity index (χ2n) is 5.26. The van der Waals surface area contributed by atoms with E-state index in [1.807, 2.05) is 0 Å². The van der Waals surface area contributed by atoms with Crippen molar-refractivity contribution in [2.45, 2.75) is 20.4 Å². The molecule has 1 rings (SSSR count). The first-order chi connectivity index (χ1) is 9.02. The lowest BCUT2D eigenvalue weighted by Gasteiger charge is -2.16. The molecule has 1 aromatic carbocycles. The standard InChI is InChI=1S/C15H26N4/c1-12(2)10-17-15(16-3)18-11-13-7-6-8-14(9-13)19(4)5/h6-9,12H,10-11H2,1-5H3,(H2,16,17,18). The monoisotopic (exact) mass is 262 g/mol. The molecule has 2 N–H and O–H groups in total. The fourth-order valence-electron chi connectivity index (χ4n) is 1.65. The summed E-state index contributed by atoms with van der Waals surface area (Å²) in [5, 5.41) is 6.63. The van der Waals surface area contributed by atoms with Crippen LogP contribution in [-0.2, 0) is 6.54 Å². The third kappa shape index (κ3) is 5.64. The molecule has 0 spiro atoms. The van der Waals surface area contributed by atoms with Crippen LogP contribution in [0.15, 0.2) is 29.3 Å². The van der Waals surface area contributed by atoms with Crippen molar-refractivity contribution in [1.29, 1.82) is 0 Å². The molecule has 0 aliphatic carbocycles. The minimum atomic E-state index is 0.607. The summed E-state index contributed by atoms with van der Waals surface area (Å²) in [6, 6.07) is 8.49. The average molecular weight is 262 g/mol. The summed E-state index contributed by atoms with van der Waals surface area (Å²) < 4.78 is 0. The third-order valence-corrected chi connectivity index (χ3v) is 2.79. The van der Waals surface area contributed by atoms with Gasteiger partial charge in [-0.2, -0.15) is 0 Å². The van der Waals surface area contributed by atoms with Gasteiger partial charge in [0.2, 0.25) is 0 Å². The Hall–Kier alpha value is -1.71. The Morgan fingerprint density at radius 3 is 2.58 bits per heavy atom. The maximum atomic E-state index is 4.22. The highest BCUT2D eigenvalue weighted by molar-refractivity contribution is 5.79. The molecule has 1 aromatic rings. The number of hydrogen-bond acceptors (Lipinski definition) is 2. The zero-order valence-corrected chi connectivity index (χ0v) is 12.7. The Balaban J connectivity index is 2.53. The van der Waals surface area contributed by atoms with E-state index in [9.17, 15) is 0 Å². The Morgan fingerprint density at radius 1 is 1.26 bits per heavy atom. The van der Waals surface area contributed by atoms with E-state index in [0.29, 0.717) is 5.92 Å². The maximum Gasteiger partial charge on any atom is 0.191 e. The molecule has 106 valence electrons. The van der Waals surface area contributed by atoms with Crippen LogP contribution in [-0.4, -0.2) is 33.6 Å². The Kier molecular flexibility index (Phi) is 6.19. The van der Waals surface area contributed by atoms with Crippen molar-refractivity contribution in [3.8, 4) is 0 Å². The summed E-state index contributed by atoms with van der Waals surface area (Å²) >= 11 is 0. The fourth-order valence-corrected chi connectivity index (χ4v) is 1.65. The van der Waals surface area contributed by atoms with Crippen LogP contribution in [0.1, 0.15) is 19.4 Å². The first-order valence-electron chi connectivity index (χ1n) is 6.73. The molecule has 0 atom stereocenters. The van der Waals surface area contributed by atoms with E-state index in [4.69, 9.17) is 0 Å². The van der Waals surface area contributed by atoms with Crippen LogP contribution >= 0.6 is 0 Å². The zero-order chi connectivity index (χ0) is 14.3. The molecule has 0 aliphatic heterocycles.